The topological polar surface area (TPSA) is 73.5 Å². The Kier molecular flexibility index (Phi) is 5.93. The second-order valence-corrected chi connectivity index (χ2v) is 10.9. The van der Waals surface area contributed by atoms with E-state index in [1.165, 1.54) is 4.57 Å². The number of ether oxygens (including phenoxy) is 1. The minimum atomic E-state index is -0.439. The average molecular weight is 377 g/mol. The molecule has 0 fully saturated rings. The highest BCUT2D eigenvalue weighted by Crippen LogP contribution is 2.26. The van der Waals surface area contributed by atoms with Crippen LogP contribution >= 0.6 is 0 Å². The van der Waals surface area contributed by atoms with Gasteiger partial charge < -0.3 is 9.84 Å². The first-order valence-corrected chi connectivity index (χ1v) is 10.4. The summed E-state index contributed by atoms with van der Waals surface area (Å²) in [5, 5.41) is 9.88. The summed E-state index contributed by atoms with van der Waals surface area (Å²) in [6, 6.07) is 4.89. The van der Waals surface area contributed by atoms with Crippen molar-refractivity contribution >= 4 is 9.52 Å². The summed E-state index contributed by atoms with van der Waals surface area (Å²) in [6.45, 7) is 10.0. The molecule has 0 saturated carbocycles. The molecule has 1 heterocycles. The number of aromatic hydroxyl groups is 1. The lowest BCUT2D eigenvalue weighted by Gasteiger charge is -2.18. The molecule has 0 radical (unpaired) electrons. The zero-order valence-electron chi connectivity index (χ0n) is 16.4. The summed E-state index contributed by atoms with van der Waals surface area (Å²) >= 11 is 0. The first kappa shape index (κ1) is 20.2. The predicted molar refractivity (Wildman–Crippen MR) is 107 cm³/mol. The fourth-order valence-electron chi connectivity index (χ4n) is 2.86. The number of phenols is 1. The van der Waals surface area contributed by atoms with Gasteiger partial charge in [-0.15, -0.1) is 0 Å². The third-order valence-corrected chi connectivity index (χ3v) is 6.45. The second-order valence-electron chi connectivity index (χ2n) is 7.90. The fourth-order valence-corrected chi connectivity index (χ4v) is 3.75. The first-order valence-electron chi connectivity index (χ1n) is 8.71. The largest absolute Gasteiger partial charge is 0.508 e. The van der Waals surface area contributed by atoms with Gasteiger partial charge in [0.2, 0.25) is 0 Å². The van der Waals surface area contributed by atoms with Crippen molar-refractivity contribution in [1.82, 2.24) is 9.13 Å². The first-order chi connectivity index (χ1) is 12.0. The molecule has 1 aromatic heterocycles. The van der Waals surface area contributed by atoms with Crippen LogP contribution in [-0.2, 0) is 18.5 Å². The molecule has 0 spiro atoms. The maximum atomic E-state index is 12.7. The Morgan fingerprint density at radius 1 is 1.19 bits per heavy atom. The van der Waals surface area contributed by atoms with Gasteiger partial charge in [0.1, 0.15) is 12.5 Å². The minimum Gasteiger partial charge on any atom is -0.508 e. The highest BCUT2D eigenvalue weighted by Gasteiger charge is 2.17. The number of hydrogen-bond donors (Lipinski definition) is 1. The summed E-state index contributed by atoms with van der Waals surface area (Å²) in [5.41, 5.74) is 1.86. The van der Waals surface area contributed by atoms with Crippen LogP contribution in [0.2, 0.25) is 5.04 Å². The molecule has 6 nitrogen and oxygen atoms in total. The zero-order chi connectivity index (χ0) is 19.6. The molecule has 2 aromatic rings. The van der Waals surface area contributed by atoms with E-state index in [1.807, 2.05) is 6.92 Å². The van der Waals surface area contributed by atoms with E-state index in [1.54, 1.807) is 32.2 Å². The number of aromatic nitrogens is 2. The number of hydrogen-bond acceptors (Lipinski definition) is 4. The maximum Gasteiger partial charge on any atom is 0.333 e. The molecule has 7 heteroatoms. The zero-order valence-corrected chi connectivity index (χ0v) is 17.8. The molecule has 0 saturated heterocycles. The molecule has 26 heavy (non-hydrogen) atoms. The van der Waals surface area contributed by atoms with Crippen molar-refractivity contribution in [2.24, 2.45) is 7.05 Å². The van der Waals surface area contributed by atoms with Crippen LogP contribution in [-0.4, -0.2) is 30.0 Å². The summed E-state index contributed by atoms with van der Waals surface area (Å²) in [7, 11) is 1.21. The van der Waals surface area contributed by atoms with Crippen molar-refractivity contribution < 1.29 is 9.84 Å². The van der Waals surface area contributed by atoms with E-state index in [9.17, 15) is 14.7 Å². The van der Waals surface area contributed by atoms with Crippen molar-refractivity contribution in [3.05, 3.63) is 50.2 Å². The fraction of sp³-hybridized carbons (Fsp3) is 0.474. The molecule has 0 bridgehead atoms. The van der Waals surface area contributed by atoms with Gasteiger partial charge in [0.15, 0.2) is 0 Å². The maximum absolute atomic E-state index is 12.7. The van der Waals surface area contributed by atoms with E-state index in [2.05, 4.69) is 20.8 Å². The van der Waals surface area contributed by atoms with E-state index in [0.29, 0.717) is 17.5 Å². The molecular formula is C19H28N2O4Si. The highest BCUT2D eigenvalue weighted by atomic mass is 28.2. The van der Waals surface area contributed by atoms with Crippen LogP contribution in [0.5, 0.6) is 5.75 Å². The third kappa shape index (κ3) is 4.34. The standard InChI is InChI=1S/C19H28N2O4Si/c1-12-9-14(22)7-8-15(12)16-13(2)17(23)21(18(24)20(16)6)10-25-11-26-19(3,4)5/h7-9,22H,10-11,26H2,1-6H3. The molecule has 2 rings (SSSR count). The summed E-state index contributed by atoms with van der Waals surface area (Å²) in [6.07, 6.45) is 0.622. The van der Waals surface area contributed by atoms with Crippen LogP contribution < -0.4 is 11.2 Å². The normalized spacial score (nSPS) is 12.2. The number of aryl methyl sites for hydroxylation is 1. The monoisotopic (exact) mass is 376 g/mol. The highest BCUT2D eigenvalue weighted by molar-refractivity contribution is 6.39. The number of phenolic OH excluding ortho intramolecular Hbond substituents is 1. The minimum absolute atomic E-state index is 0.0235. The lowest BCUT2D eigenvalue weighted by Crippen LogP contribution is -2.42. The Morgan fingerprint density at radius 3 is 2.42 bits per heavy atom. The van der Waals surface area contributed by atoms with Crippen molar-refractivity contribution in [3.63, 3.8) is 0 Å². The van der Waals surface area contributed by atoms with Gasteiger partial charge in [-0.1, -0.05) is 20.8 Å². The van der Waals surface area contributed by atoms with Gasteiger partial charge in [0, 0.05) is 24.4 Å². The molecule has 1 aromatic carbocycles. The Morgan fingerprint density at radius 2 is 1.85 bits per heavy atom. The quantitative estimate of drug-likeness (QED) is 0.638. The van der Waals surface area contributed by atoms with Crippen molar-refractivity contribution in [1.29, 1.82) is 0 Å². The van der Waals surface area contributed by atoms with Gasteiger partial charge in [0.05, 0.1) is 15.2 Å². The molecule has 142 valence electrons. The number of benzene rings is 1. The second kappa shape index (κ2) is 7.63. The molecule has 1 N–H and O–H groups in total. The average Bonchev–Trinajstić information content (AvgIpc) is 2.53. The molecule has 0 amide bonds. The Labute approximate surface area is 155 Å². The molecule has 0 atom stereocenters. The van der Waals surface area contributed by atoms with Crippen molar-refractivity contribution in [2.45, 2.75) is 46.4 Å². The van der Waals surface area contributed by atoms with E-state index >= 15 is 0 Å². The molecular weight excluding hydrogens is 348 g/mol. The predicted octanol–water partition coefficient (Wildman–Crippen LogP) is 1.86. The lowest BCUT2D eigenvalue weighted by atomic mass is 10.0. The SMILES string of the molecule is Cc1cc(O)ccc1-c1c(C)c(=O)n(COC[SiH2]C(C)(C)C)c(=O)n1C. The van der Waals surface area contributed by atoms with Gasteiger partial charge in [-0.3, -0.25) is 9.36 Å². The van der Waals surface area contributed by atoms with Crippen LogP contribution in [0, 0.1) is 13.8 Å². The Balaban J connectivity index is 2.41. The van der Waals surface area contributed by atoms with Gasteiger partial charge >= 0.3 is 5.69 Å². The van der Waals surface area contributed by atoms with Gasteiger partial charge in [-0.2, -0.15) is 0 Å². The lowest BCUT2D eigenvalue weighted by molar-refractivity contribution is 0.104. The van der Waals surface area contributed by atoms with Crippen molar-refractivity contribution in [3.8, 4) is 17.0 Å². The van der Waals surface area contributed by atoms with Crippen molar-refractivity contribution in [2.75, 3.05) is 6.23 Å². The number of rotatable bonds is 5. The molecule has 0 aliphatic carbocycles. The van der Waals surface area contributed by atoms with Crippen LogP contribution in [0.4, 0.5) is 0 Å². The molecule has 0 unspecified atom stereocenters. The van der Waals surface area contributed by atoms with E-state index in [4.69, 9.17) is 4.74 Å². The van der Waals surface area contributed by atoms with E-state index in [-0.39, 0.29) is 23.1 Å². The smallest absolute Gasteiger partial charge is 0.333 e. The van der Waals surface area contributed by atoms with Crippen LogP contribution in [0.25, 0.3) is 11.3 Å². The van der Waals surface area contributed by atoms with E-state index in [0.717, 1.165) is 15.7 Å². The summed E-state index contributed by atoms with van der Waals surface area (Å²) in [5.74, 6) is 0.152. The third-order valence-electron chi connectivity index (χ3n) is 4.46. The summed E-state index contributed by atoms with van der Waals surface area (Å²) < 4.78 is 8.25. The number of nitrogens with zero attached hydrogens (tertiary/aromatic N) is 2. The van der Waals surface area contributed by atoms with Gasteiger partial charge in [-0.05, 0) is 42.6 Å². The molecule has 0 aliphatic rings. The van der Waals surface area contributed by atoms with Crippen LogP contribution in [0.1, 0.15) is 31.9 Å². The van der Waals surface area contributed by atoms with Gasteiger partial charge in [0.25, 0.3) is 5.56 Å². The Bertz CT molecular complexity index is 886. The van der Waals surface area contributed by atoms with Gasteiger partial charge in [-0.25, -0.2) is 9.36 Å². The Hall–Kier alpha value is -2.12. The van der Waals surface area contributed by atoms with E-state index < -0.39 is 15.2 Å². The molecule has 0 aliphatic heterocycles. The summed E-state index contributed by atoms with van der Waals surface area (Å²) in [4.78, 5) is 25.4. The van der Waals surface area contributed by atoms with Crippen LogP contribution in [0.3, 0.4) is 0 Å². The van der Waals surface area contributed by atoms with Crippen LogP contribution in [0.15, 0.2) is 27.8 Å².